The fourth-order valence-corrected chi connectivity index (χ4v) is 2.89. The van der Waals surface area contributed by atoms with Gasteiger partial charge in [-0.15, -0.1) is 0 Å². The molecule has 0 spiro atoms. The molecular formula is C13H26N2O2. The highest BCUT2D eigenvalue weighted by molar-refractivity contribution is 4.91. The zero-order valence-electron chi connectivity index (χ0n) is 11.2. The Hall–Kier alpha value is -0.160. The molecule has 0 bridgehead atoms. The summed E-state index contributed by atoms with van der Waals surface area (Å²) in [6, 6.07) is 0.534. The minimum atomic E-state index is -0.514. The Labute approximate surface area is 105 Å². The summed E-state index contributed by atoms with van der Waals surface area (Å²) in [6.45, 7) is 10.7. The zero-order chi connectivity index (χ0) is 12.3. The molecule has 2 rings (SSSR count). The minimum absolute atomic E-state index is 0.514. The van der Waals surface area contributed by atoms with Crippen molar-refractivity contribution >= 4 is 0 Å². The molecule has 2 fully saturated rings. The molecule has 0 aromatic heterocycles. The van der Waals surface area contributed by atoms with Gasteiger partial charge in [-0.2, -0.15) is 0 Å². The number of morpholine rings is 1. The van der Waals surface area contributed by atoms with Gasteiger partial charge in [0.25, 0.3) is 0 Å². The predicted octanol–water partition coefficient (Wildman–Crippen LogP) is 0.554. The first-order valence-electron chi connectivity index (χ1n) is 6.86. The van der Waals surface area contributed by atoms with Gasteiger partial charge in [0.1, 0.15) is 0 Å². The summed E-state index contributed by atoms with van der Waals surface area (Å²) in [5.41, 5.74) is -0.514. The van der Waals surface area contributed by atoms with Crippen molar-refractivity contribution in [3.05, 3.63) is 0 Å². The average molecular weight is 242 g/mol. The van der Waals surface area contributed by atoms with Crippen LogP contribution in [0.15, 0.2) is 0 Å². The molecule has 0 saturated carbocycles. The van der Waals surface area contributed by atoms with Gasteiger partial charge in [-0.25, -0.2) is 0 Å². The van der Waals surface area contributed by atoms with E-state index in [4.69, 9.17) is 4.74 Å². The van der Waals surface area contributed by atoms with Crippen LogP contribution in [-0.4, -0.2) is 72.5 Å². The number of aliphatic hydroxyl groups is 1. The van der Waals surface area contributed by atoms with E-state index in [-0.39, 0.29) is 0 Å². The van der Waals surface area contributed by atoms with Crippen molar-refractivity contribution in [2.45, 2.75) is 38.3 Å². The second-order valence-electron chi connectivity index (χ2n) is 5.78. The highest BCUT2D eigenvalue weighted by atomic mass is 16.5. The molecule has 0 aromatic rings. The number of hydrogen-bond acceptors (Lipinski definition) is 4. The van der Waals surface area contributed by atoms with Crippen molar-refractivity contribution in [1.82, 2.24) is 9.80 Å². The topological polar surface area (TPSA) is 35.9 Å². The van der Waals surface area contributed by atoms with Gasteiger partial charge in [0.05, 0.1) is 18.8 Å². The first kappa shape index (κ1) is 13.3. The number of hydrogen-bond donors (Lipinski definition) is 1. The molecule has 0 amide bonds. The molecule has 0 unspecified atom stereocenters. The van der Waals surface area contributed by atoms with E-state index in [0.717, 1.165) is 58.8 Å². The summed E-state index contributed by atoms with van der Waals surface area (Å²) >= 11 is 0. The van der Waals surface area contributed by atoms with Crippen LogP contribution < -0.4 is 0 Å². The van der Waals surface area contributed by atoms with Gasteiger partial charge in [-0.3, -0.25) is 9.80 Å². The van der Waals surface area contributed by atoms with Crippen LogP contribution in [0.5, 0.6) is 0 Å². The first-order valence-corrected chi connectivity index (χ1v) is 6.86. The fraction of sp³-hybridized carbons (Fsp3) is 1.00. The van der Waals surface area contributed by atoms with Crippen molar-refractivity contribution in [2.75, 3.05) is 45.9 Å². The minimum Gasteiger partial charge on any atom is -0.387 e. The molecule has 100 valence electrons. The van der Waals surface area contributed by atoms with Crippen molar-refractivity contribution in [2.24, 2.45) is 0 Å². The number of β-amino-alcohol motifs (C(OH)–C–C–N with tert-alkyl or cyclic N) is 1. The van der Waals surface area contributed by atoms with E-state index in [9.17, 15) is 5.11 Å². The van der Waals surface area contributed by atoms with Crippen LogP contribution in [-0.2, 0) is 4.74 Å². The van der Waals surface area contributed by atoms with Gasteiger partial charge >= 0.3 is 0 Å². The van der Waals surface area contributed by atoms with Crippen LogP contribution in [0.2, 0.25) is 0 Å². The average Bonchev–Trinajstić information content (AvgIpc) is 2.29. The lowest BCUT2D eigenvalue weighted by Gasteiger charge is -2.44. The highest BCUT2D eigenvalue weighted by Gasteiger charge is 2.35. The maximum absolute atomic E-state index is 10.7. The van der Waals surface area contributed by atoms with E-state index >= 15 is 0 Å². The Morgan fingerprint density at radius 1 is 1.24 bits per heavy atom. The number of piperidine rings is 1. The van der Waals surface area contributed by atoms with Gasteiger partial charge in [-0.1, -0.05) is 0 Å². The van der Waals surface area contributed by atoms with Crippen molar-refractivity contribution in [1.29, 1.82) is 0 Å². The number of nitrogens with zero attached hydrogens (tertiary/aromatic N) is 2. The van der Waals surface area contributed by atoms with E-state index < -0.39 is 5.60 Å². The Morgan fingerprint density at radius 2 is 1.94 bits per heavy atom. The standard InChI is InChI=1S/C13H26N2O2/c1-12(2)15-5-3-4-13(16,11-15)10-14-6-8-17-9-7-14/h12,16H,3-11H2,1-2H3/t13-/m1/s1. The first-order chi connectivity index (χ1) is 8.09. The Bertz CT molecular complexity index is 242. The molecule has 0 aromatic carbocycles. The third kappa shape index (κ3) is 3.65. The molecule has 1 atom stereocenters. The van der Waals surface area contributed by atoms with E-state index in [1.807, 2.05) is 0 Å². The molecule has 1 N–H and O–H groups in total. The third-order valence-corrected chi connectivity index (χ3v) is 3.94. The Morgan fingerprint density at radius 3 is 2.59 bits per heavy atom. The third-order valence-electron chi connectivity index (χ3n) is 3.94. The maximum Gasteiger partial charge on any atom is 0.0900 e. The molecule has 2 heterocycles. The number of likely N-dealkylation sites (tertiary alicyclic amines) is 1. The van der Waals surface area contributed by atoms with Gasteiger partial charge in [0.2, 0.25) is 0 Å². The SMILES string of the molecule is CC(C)N1CCC[C@@](O)(CN2CCOCC2)C1. The lowest BCUT2D eigenvalue weighted by atomic mass is 9.91. The van der Waals surface area contributed by atoms with Gasteiger partial charge in [0.15, 0.2) is 0 Å². The van der Waals surface area contributed by atoms with Gasteiger partial charge in [0, 0.05) is 32.2 Å². The van der Waals surface area contributed by atoms with E-state index in [2.05, 4.69) is 23.6 Å². The maximum atomic E-state index is 10.7. The highest BCUT2D eigenvalue weighted by Crippen LogP contribution is 2.24. The molecule has 4 nitrogen and oxygen atoms in total. The Balaban J connectivity index is 1.88. The van der Waals surface area contributed by atoms with Crippen LogP contribution >= 0.6 is 0 Å². The smallest absolute Gasteiger partial charge is 0.0900 e. The lowest BCUT2D eigenvalue weighted by Crippen LogP contribution is -2.57. The largest absolute Gasteiger partial charge is 0.387 e. The summed E-state index contributed by atoms with van der Waals surface area (Å²) in [5, 5.41) is 10.7. The fourth-order valence-electron chi connectivity index (χ4n) is 2.89. The Kier molecular flexibility index (Phi) is 4.42. The molecule has 0 aliphatic carbocycles. The molecule has 2 aliphatic heterocycles. The van der Waals surface area contributed by atoms with Crippen molar-refractivity contribution in [3.8, 4) is 0 Å². The normalized spacial score (nSPS) is 33.2. The van der Waals surface area contributed by atoms with Crippen molar-refractivity contribution in [3.63, 3.8) is 0 Å². The monoisotopic (exact) mass is 242 g/mol. The second-order valence-corrected chi connectivity index (χ2v) is 5.78. The second kappa shape index (κ2) is 5.65. The predicted molar refractivity (Wildman–Crippen MR) is 68.2 cm³/mol. The quantitative estimate of drug-likeness (QED) is 0.784. The van der Waals surface area contributed by atoms with Crippen LogP contribution in [0, 0.1) is 0 Å². The molecule has 2 saturated heterocycles. The lowest BCUT2D eigenvalue weighted by molar-refractivity contribution is -0.0752. The van der Waals surface area contributed by atoms with E-state index in [0.29, 0.717) is 6.04 Å². The van der Waals surface area contributed by atoms with E-state index in [1.54, 1.807) is 0 Å². The summed E-state index contributed by atoms with van der Waals surface area (Å²) in [5.74, 6) is 0. The molecular weight excluding hydrogens is 216 g/mol. The molecule has 17 heavy (non-hydrogen) atoms. The molecule has 0 radical (unpaired) electrons. The number of rotatable bonds is 3. The summed E-state index contributed by atoms with van der Waals surface area (Å²) in [7, 11) is 0. The summed E-state index contributed by atoms with van der Waals surface area (Å²) in [4.78, 5) is 4.73. The summed E-state index contributed by atoms with van der Waals surface area (Å²) in [6.07, 6.45) is 2.05. The van der Waals surface area contributed by atoms with Crippen LogP contribution in [0.1, 0.15) is 26.7 Å². The zero-order valence-corrected chi connectivity index (χ0v) is 11.2. The van der Waals surface area contributed by atoms with Gasteiger partial charge < -0.3 is 9.84 Å². The van der Waals surface area contributed by atoms with Crippen molar-refractivity contribution < 1.29 is 9.84 Å². The van der Waals surface area contributed by atoms with Gasteiger partial charge in [-0.05, 0) is 33.2 Å². The van der Waals surface area contributed by atoms with Crippen LogP contribution in [0.4, 0.5) is 0 Å². The van der Waals surface area contributed by atoms with E-state index in [1.165, 1.54) is 0 Å². The summed E-state index contributed by atoms with van der Waals surface area (Å²) < 4.78 is 5.35. The van der Waals surface area contributed by atoms with Crippen LogP contribution in [0.3, 0.4) is 0 Å². The molecule has 4 heteroatoms. The molecule has 2 aliphatic rings. The van der Waals surface area contributed by atoms with Crippen LogP contribution in [0.25, 0.3) is 0 Å². The number of ether oxygens (including phenoxy) is 1.